The zero-order valence-corrected chi connectivity index (χ0v) is 10.4. The summed E-state index contributed by atoms with van der Waals surface area (Å²) >= 11 is 0. The molecule has 0 radical (unpaired) electrons. The van der Waals surface area contributed by atoms with Crippen LogP contribution in [0.1, 0.15) is 32.0 Å². The minimum absolute atomic E-state index is 0.168. The summed E-state index contributed by atoms with van der Waals surface area (Å²) in [6, 6.07) is 4.87. The molecule has 1 atom stereocenters. The molecule has 0 aliphatic carbocycles. The van der Waals surface area contributed by atoms with Gasteiger partial charge in [0, 0.05) is 6.07 Å². The lowest BCUT2D eigenvalue weighted by Crippen LogP contribution is -2.16. The van der Waals surface area contributed by atoms with Crippen LogP contribution in [-0.4, -0.2) is 27.7 Å². The molecule has 1 aromatic carbocycles. The molecule has 0 saturated heterocycles. The van der Waals surface area contributed by atoms with Crippen LogP contribution in [0.25, 0.3) is 11.0 Å². The van der Waals surface area contributed by atoms with Crippen molar-refractivity contribution in [3.63, 3.8) is 0 Å². The fraction of sp³-hybridized carbons (Fsp3) is 0.385. The highest BCUT2D eigenvalue weighted by atomic mass is 16.5. The molecule has 0 fully saturated rings. The second-order valence-corrected chi connectivity index (χ2v) is 4.04. The van der Waals surface area contributed by atoms with Gasteiger partial charge in [-0.3, -0.25) is 4.79 Å². The Labute approximate surface area is 105 Å². The number of carbonyl (C=O) groups is 1. The molecule has 0 spiro atoms. The van der Waals surface area contributed by atoms with Crippen LogP contribution in [0.15, 0.2) is 18.2 Å². The predicted octanol–water partition coefficient (Wildman–Crippen LogP) is 2.33. The van der Waals surface area contributed by atoms with E-state index < -0.39 is 0 Å². The summed E-state index contributed by atoms with van der Waals surface area (Å²) in [6.45, 7) is 4.05. The van der Waals surface area contributed by atoms with Crippen LogP contribution in [0, 0.1) is 0 Å². The molecule has 0 saturated carbocycles. The first-order chi connectivity index (χ1) is 8.65. The Morgan fingerprint density at radius 2 is 2.28 bits per heavy atom. The highest BCUT2D eigenvalue weighted by Crippen LogP contribution is 2.23. The van der Waals surface area contributed by atoms with Gasteiger partial charge in [0.1, 0.15) is 17.5 Å². The number of esters is 1. The van der Waals surface area contributed by atoms with E-state index >= 15 is 0 Å². The molecule has 2 aromatic rings. The molecule has 0 amide bonds. The fourth-order valence-corrected chi connectivity index (χ4v) is 1.90. The average molecular weight is 248 g/mol. The highest BCUT2D eigenvalue weighted by molar-refractivity contribution is 5.81. The first-order valence-corrected chi connectivity index (χ1v) is 6.01. The van der Waals surface area contributed by atoms with Crippen molar-refractivity contribution in [2.75, 3.05) is 6.61 Å². The van der Waals surface area contributed by atoms with E-state index in [1.54, 1.807) is 25.1 Å². The predicted molar refractivity (Wildman–Crippen MR) is 67.4 cm³/mol. The molecule has 0 aliphatic rings. The van der Waals surface area contributed by atoms with E-state index in [9.17, 15) is 9.90 Å². The first-order valence-electron chi connectivity index (χ1n) is 6.01. The number of phenols is 1. The van der Waals surface area contributed by atoms with E-state index in [1.807, 2.05) is 6.92 Å². The number of H-pyrrole nitrogens is 1. The largest absolute Gasteiger partial charge is 0.508 e. The molecule has 5 nitrogen and oxygen atoms in total. The number of aromatic hydroxyl groups is 1. The molecule has 2 N–H and O–H groups in total. The van der Waals surface area contributed by atoms with Gasteiger partial charge < -0.3 is 14.8 Å². The van der Waals surface area contributed by atoms with Gasteiger partial charge in [-0.15, -0.1) is 0 Å². The molecule has 5 heteroatoms. The molecular formula is C13H16N2O3. The van der Waals surface area contributed by atoms with E-state index in [-0.39, 0.29) is 17.6 Å². The lowest BCUT2D eigenvalue weighted by molar-refractivity contribution is -0.145. The van der Waals surface area contributed by atoms with Crippen molar-refractivity contribution in [2.45, 2.75) is 26.2 Å². The van der Waals surface area contributed by atoms with Gasteiger partial charge >= 0.3 is 5.97 Å². The number of imidazole rings is 1. The fourth-order valence-electron chi connectivity index (χ4n) is 1.90. The Morgan fingerprint density at radius 3 is 2.94 bits per heavy atom. The van der Waals surface area contributed by atoms with Crippen LogP contribution >= 0.6 is 0 Å². The molecule has 1 aromatic heterocycles. The number of carbonyl (C=O) groups excluding carboxylic acids is 1. The lowest BCUT2D eigenvalue weighted by atomic mass is 10.1. The second-order valence-electron chi connectivity index (χ2n) is 4.04. The van der Waals surface area contributed by atoms with Crippen LogP contribution in [0.3, 0.4) is 0 Å². The van der Waals surface area contributed by atoms with Gasteiger partial charge in [0.05, 0.1) is 17.6 Å². The molecule has 96 valence electrons. The summed E-state index contributed by atoms with van der Waals surface area (Å²) in [7, 11) is 0. The minimum Gasteiger partial charge on any atom is -0.508 e. The van der Waals surface area contributed by atoms with Crippen molar-refractivity contribution in [1.29, 1.82) is 0 Å². The summed E-state index contributed by atoms with van der Waals surface area (Å²) in [4.78, 5) is 19.2. The van der Waals surface area contributed by atoms with Crippen molar-refractivity contribution in [3.8, 4) is 5.75 Å². The number of nitrogens with one attached hydrogen (secondary N) is 1. The summed E-state index contributed by atoms with van der Waals surface area (Å²) in [5.74, 6) is 0.0844. The van der Waals surface area contributed by atoms with Gasteiger partial charge in [-0.2, -0.15) is 0 Å². The topological polar surface area (TPSA) is 75.2 Å². The van der Waals surface area contributed by atoms with Crippen molar-refractivity contribution in [1.82, 2.24) is 9.97 Å². The van der Waals surface area contributed by atoms with Crippen molar-refractivity contribution in [2.24, 2.45) is 0 Å². The third-order valence-corrected chi connectivity index (χ3v) is 2.79. The number of nitrogens with zero attached hydrogens (tertiary/aromatic N) is 1. The number of phenolic OH excluding ortho intramolecular Hbond substituents is 1. The Balaban J connectivity index is 2.36. The Kier molecular flexibility index (Phi) is 3.50. The van der Waals surface area contributed by atoms with Crippen LogP contribution in [0.2, 0.25) is 0 Å². The lowest BCUT2D eigenvalue weighted by Gasteiger charge is -2.10. The van der Waals surface area contributed by atoms with Gasteiger partial charge in [-0.25, -0.2) is 4.98 Å². The standard InChI is InChI=1S/C13H16N2O3/c1-3-9(13(17)18-4-2)12-14-10-6-5-8(16)7-11(10)15-12/h5-7,9,16H,3-4H2,1-2H3,(H,14,15). The summed E-state index contributed by atoms with van der Waals surface area (Å²) in [6.07, 6.45) is 0.616. The number of fused-ring (bicyclic) bond motifs is 1. The summed E-state index contributed by atoms with van der Waals surface area (Å²) in [5, 5.41) is 9.39. The number of aromatic amines is 1. The summed E-state index contributed by atoms with van der Waals surface area (Å²) < 4.78 is 5.02. The van der Waals surface area contributed by atoms with Gasteiger partial charge in [-0.05, 0) is 25.5 Å². The highest BCUT2D eigenvalue weighted by Gasteiger charge is 2.23. The molecule has 1 unspecified atom stereocenters. The number of hydrogen-bond acceptors (Lipinski definition) is 4. The number of benzene rings is 1. The molecular weight excluding hydrogens is 232 g/mol. The zero-order valence-electron chi connectivity index (χ0n) is 10.4. The number of aromatic nitrogens is 2. The Morgan fingerprint density at radius 1 is 1.50 bits per heavy atom. The smallest absolute Gasteiger partial charge is 0.316 e. The maximum absolute atomic E-state index is 11.8. The Hall–Kier alpha value is -2.04. The van der Waals surface area contributed by atoms with E-state index in [0.29, 0.717) is 24.4 Å². The first kappa shape index (κ1) is 12.4. The van der Waals surface area contributed by atoms with Gasteiger partial charge in [-0.1, -0.05) is 6.92 Å². The van der Waals surface area contributed by atoms with E-state index in [0.717, 1.165) is 5.52 Å². The number of hydrogen-bond donors (Lipinski definition) is 2. The summed E-state index contributed by atoms with van der Waals surface area (Å²) in [5.41, 5.74) is 1.44. The van der Waals surface area contributed by atoms with Crippen LogP contribution in [0.5, 0.6) is 5.75 Å². The van der Waals surface area contributed by atoms with Gasteiger partial charge in [0.25, 0.3) is 0 Å². The van der Waals surface area contributed by atoms with Crippen LogP contribution in [-0.2, 0) is 9.53 Å². The third-order valence-electron chi connectivity index (χ3n) is 2.79. The van der Waals surface area contributed by atoms with Crippen molar-refractivity contribution < 1.29 is 14.6 Å². The maximum Gasteiger partial charge on any atom is 0.316 e. The third kappa shape index (κ3) is 2.30. The molecule has 0 bridgehead atoms. The number of rotatable bonds is 4. The normalized spacial score (nSPS) is 12.6. The van der Waals surface area contributed by atoms with Gasteiger partial charge in [0.2, 0.25) is 0 Å². The Bertz CT molecular complexity index is 562. The van der Waals surface area contributed by atoms with Crippen LogP contribution in [0.4, 0.5) is 0 Å². The van der Waals surface area contributed by atoms with E-state index in [4.69, 9.17) is 4.74 Å². The average Bonchev–Trinajstić information content (AvgIpc) is 2.72. The quantitative estimate of drug-likeness (QED) is 0.814. The minimum atomic E-state index is -0.389. The van der Waals surface area contributed by atoms with Crippen molar-refractivity contribution in [3.05, 3.63) is 24.0 Å². The molecule has 0 aliphatic heterocycles. The van der Waals surface area contributed by atoms with Crippen LogP contribution < -0.4 is 0 Å². The van der Waals surface area contributed by atoms with Gasteiger partial charge in [0.15, 0.2) is 0 Å². The molecule has 2 rings (SSSR count). The van der Waals surface area contributed by atoms with E-state index in [1.165, 1.54) is 0 Å². The van der Waals surface area contributed by atoms with Crippen molar-refractivity contribution >= 4 is 17.0 Å². The van der Waals surface area contributed by atoms with E-state index in [2.05, 4.69) is 9.97 Å². The SMILES string of the molecule is CCOC(=O)C(CC)c1nc2ccc(O)cc2[nH]1. The maximum atomic E-state index is 11.8. The molecule has 18 heavy (non-hydrogen) atoms. The molecule has 1 heterocycles. The monoisotopic (exact) mass is 248 g/mol. The second kappa shape index (κ2) is 5.08. The number of ether oxygens (including phenoxy) is 1. The zero-order chi connectivity index (χ0) is 13.1.